The molecule has 0 N–H and O–H groups in total. The number of hydrogen-bond acceptors (Lipinski definition) is 2. The van der Waals surface area contributed by atoms with Gasteiger partial charge in [-0.25, -0.2) is 0 Å². The lowest BCUT2D eigenvalue weighted by Gasteiger charge is -2.31. The second-order valence-corrected chi connectivity index (χ2v) is 16.3. The molecular weight excluding hydrogens is 543 g/mol. The summed E-state index contributed by atoms with van der Waals surface area (Å²) in [5, 5.41) is 0. The molecule has 0 bridgehead atoms. The minimum absolute atomic E-state index is 0.0143. The van der Waals surface area contributed by atoms with E-state index in [4.69, 9.17) is 4.52 Å². The van der Waals surface area contributed by atoms with Crippen molar-refractivity contribution < 1.29 is 9.09 Å². The van der Waals surface area contributed by atoms with Gasteiger partial charge >= 0.3 is 8.69 Å². The van der Waals surface area contributed by atoms with Crippen LogP contribution in [0, 0.1) is 0 Å². The molecular formula is C40H50O2P+. The van der Waals surface area contributed by atoms with Crippen molar-refractivity contribution in [2.45, 2.75) is 105 Å². The maximum Gasteiger partial charge on any atom is 0.542 e. The molecule has 0 aliphatic heterocycles. The van der Waals surface area contributed by atoms with Crippen LogP contribution < -0.4 is 4.52 Å². The third-order valence-electron chi connectivity index (χ3n) is 8.33. The van der Waals surface area contributed by atoms with Crippen LogP contribution >= 0.6 is 8.69 Å². The van der Waals surface area contributed by atoms with Crippen molar-refractivity contribution in [1.29, 1.82) is 0 Å². The fraction of sp³-hybridized carbons (Fsp3) is 0.400. The molecule has 0 saturated heterocycles. The zero-order chi connectivity index (χ0) is 32.0. The highest BCUT2D eigenvalue weighted by atomic mass is 31.1. The Bertz CT molecular complexity index is 1620. The molecule has 0 spiro atoms. The van der Waals surface area contributed by atoms with E-state index in [1.165, 1.54) is 33.4 Å². The lowest BCUT2D eigenvalue weighted by molar-refractivity contribution is 0.526. The van der Waals surface area contributed by atoms with Gasteiger partial charge in [0.1, 0.15) is 0 Å². The Balaban J connectivity index is 2.25. The maximum absolute atomic E-state index is 12.0. The van der Waals surface area contributed by atoms with Crippen LogP contribution in [-0.4, -0.2) is 0 Å². The van der Waals surface area contributed by atoms with Gasteiger partial charge in [-0.2, -0.15) is 0 Å². The van der Waals surface area contributed by atoms with E-state index in [0.717, 1.165) is 22.3 Å². The highest BCUT2D eigenvalue weighted by Crippen LogP contribution is 2.50. The van der Waals surface area contributed by atoms with Gasteiger partial charge in [0.25, 0.3) is 0 Å². The molecule has 0 radical (unpaired) electrons. The zero-order valence-corrected chi connectivity index (χ0v) is 29.3. The topological polar surface area (TPSA) is 26.3 Å². The van der Waals surface area contributed by atoms with Crippen LogP contribution in [0.15, 0.2) is 78.9 Å². The average Bonchev–Trinajstić information content (AvgIpc) is 2.91. The van der Waals surface area contributed by atoms with Gasteiger partial charge in [-0.1, -0.05) is 150 Å². The second-order valence-electron chi connectivity index (χ2n) is 15.9. The lowest BCUT2D eigenvalue weighted by atomic mass is 9.73. The lowest BCUT2D eigenvalue weighted by Crippen LogP contribution is -2.18. The molecule has 0 heterocycles. The van der Waals surface area contributed by atoms with Crippen LogP contribution in [0.2, 0.25) is 0 Å². The minimum atomic E-state index is -0.899. The predicted molar refractivity (Wildman–Crippen MR) is 187 cm³/mol. The van der Waals surface area contributed by atoms with Crippen molar-refractivity contribution in [2.24, 2.45) is 0 Å². The van der Waals surface area contributed by atoms with Gasteiger partial charge in [0.2, 0.25) is 0 Å². The number of benzene rings is 4. The van der Waals surface area contributed by atoms with Gasteiger partial charge in [0.15, 0.2) is 5.75 Å². The molecule has 0 aliphatic carbocycles. The van der Waals surface area contributed by atoms with Gasteiger partial charge < -0.3 is 0 Å². The van der Waals surface area contributed by atoms with E-state index >= 15 is 0 Å². The highest BCUT2D eigenvalue weighted by molar-refractivity contribution is 7.17. The fourth-order valence-electron chi connectivity index (χ4n) is 5.82. The van der Waals surface area contributed by atoms with Crippen LogP contribution in [0.1, 0.15) is 105 Å². The molecule has 0 fully saturated rings. The molecule has 3 heteroatoms. The number of rotatable bonds is 5. The third kappa shape index (κ3) is 6.97. The van der Waals surface area contributed by atoms with E-state index in [0.29, 0.717) is 5.75 Å². The van der Waals surface area contributed by atoms with Gasteiger partial charge in [0, 0.05) is 11.1 Å². The van der Waals surface area contributed by atoms with Crippen molar-refractivity contribution in [1.82, 2.24) is 0 Å². The summed E-state index contributed by atoms with van der Waals surface area (Å²) in [7, 11) is -0.899. The standard InChI is InChI=1S/C40H50O2P/c1-37(2,3)27-18-20-29(32(24-27)39(7,8)9)30-22-23-34(42-43-41)35(26-16-14-13-15-17-26)36(30)31-21-19-28(38(4,5)6)25-33(31)40(10,11)12/h13-25,43H,1-12H3/q+1. The summed E-state index contributed by atoms with van der Waals surface area (Å²) in [5.41, 5.74) is 11.7. The molecule has 1 atom stereocenters. The number of hydrogen-bond donors (Lipinski definition) is 0. The van der Waals surface area contributed by atoms with Crippen LogP contribution in [0.3, 0.4) is 0 Å². The smallest absolute Gasteiger partial charge is 0.255 e. The molecule has 0 aromatic heterocycles. The molecule has 226 valence electrons. The van der Waals surface area contributed by atoms with E-state index in [2.05, 4.69) is 150 Å². The summed E-state index contributed by atoms with van der Waals surface area (Å²) in [6, 6.07) is 28.5. The monoisotopic (exact) mass is 593 g/mol. The first-order valence-corrected chi connectivity index (χ1v) is 16.2. The molecule has 0 aliphatic rings. The molecule has 0 amide bonds. The van der Waals surface area contributed by atoms with Crippen molar-refractivity contribution in [2.75, 3.05) is 0 Å². The maximum atomic E-state index is 12.0. The Morgan fingerprint density at radius 1 is 0.488 bits per heavy atom. The van der Waals surface area contributed by atoms with Gasteiger partial charge in [-0.3, -0.25) is 4.52 Å². The predicted octanol–water partition coefficient (Wildman–Crippen LogP) is 12.2. The van der Waals surface area contributed by atoms with Crippen LogP contribution in [0.25, 0.3) is 33.4 Å². The molecule has 0 saturated carbocycles. The van der Waals surface area contributed by atoms with Crippen molar-refractivity contribution >= 4 is 8.69 Å². The van der Waals surface area contributed by atoms with Crippen LogP contribution in [0.4, 0.5) is 0 Å². The second kappa shape index (κ2) is 11.7. The molecule has 4 rings (SSSR count). The van der Waals surface area contributed by atoms with Gasteiger partial charge in [-0.15, -0.1) is 0 Å². The minimum Gasteiger partial charge on any atom is -0.255 e. The van der Waals surface area contributed by atoms with Crippen molar-refractivity contribution in [3.8, 4) is 39.1 Å². The van der Waals surface area contributed by atoms with E-state index in [9.17, 15) is 4.57 Å². The normalized spacial score (nSPS) is 12.9. The Labute approximate surface area is 262 Å². The summed E-state index contributed by atoms with van der Waals surface area (Å²) in [5.74, 6) is 0.627. The molecule has 43 heavy (non-hydrogen) atoms. The van der Waals surface area contributed by atoms with Gasteiger partial charge in [0.05, 0.1) is 0 Å². The Morgan fingerprint density at radius 3 is 1.42 bits per heavy atom. The third-order valence-corrected chi connectivity index (χ3v) is 8.63. The average molecular weight is 594 g/mol. The Morgan fingerprint density at radius 2 is 0.953 bits per heavy atom. The van der Waals surface area contributed by atoms with Crippen molar-refractivity contribution in [3.05, 3.63) is 101 Å². The van der Waals surface area contributed by atoms with Crippen LogP contribution in [-0.2, 0) is 26.2 Å². The molecule has 2 nitrogen and oxygen atoms in total. The first kappa shape index (κ1) is 32.7. The summed E-state index contributed by atoms with van der Waals surface area (Å²) in [6.07, 6.45) is 0. The molecule has 4 aromatic rings. The summed E-state index contributed by atoms with van der Waals surface area (Å²) < 4.78 is 17.9. The Hall–Kier alpha value is -3.22. The Kier molecular flexibility index (Phi) is 8.89. The molecule has 1 unspecified atom stereocenters. The highest BCUT2D eigenvalue weighted by Gasteiger charge is 2.30. The summed E-state index contributed by atoms with van der Waals surface area (Å²) >= 11 is 0. The van der Waals surface area contributed by atoms with Crippen LogP contribution in [0.5, 0.6) is 5.75 Å². The SMILES string of the molecule is CC(C)(C)c1ccc(-c2ccc(O[PH+]=O)c(-c3ccccc3)c2-c2ccc(C(C)(C)C)cc2C(C)(C)C)c(C(C)(C)C)c1. The molecule has 4 aromatic carbocycles. The summed E-state index contributed by atoms with van der Waals surface area (Å²) in [6.45, 7) is 27.4. The zero-order valence-electron chi connectivity index (χ0n) is 28.3. The van der Waals surface area contributed by atoms with E-state index < -0.39 is 8.69 Å². The van der Waals surface area contributed by atoms with Gasteiger partial charge in [-0.05, 0) is 82.9 Å². The summed E-state index contributed by atoms with van der Waals surface area (Å²) in [4.78, 5) is 0. The van der Waals surface area contributed by atoms with Crippen molar-refractivity contribution in [3.63, 3.8) is 0 Å². The fourth-order valence-corrected chi connectivity index (χ4v) is 6.08. The first-order chi connectivity index (χ1) is 19.8. The first-order valence-electron chi connectivity index (χ1n) is 15.4. The van der Waals surface area contributed by atoms with E-state index in [-0.39, 0.29) is 21.7 Å². The quantitative estimate of drug-likeness (QED) is 0.215. The van der Waals surface area contributed by atoms with E-state index in [1.807, 2.05) is 12.1 Å². The largest absolute Gasteiger partial charge is 0.542 e. The van der Waals surface area contributed by atoms with E-state index in [1.54, 1.807) is 0 Å².